The number of hydrogen-bond acceptors (Lipinski definition) is 4. The van der Waals surface area contributed by atoms with Gasteiger partial charge in [0.15, 0.2) is 0 Å². The molecule has 0 saturated carbocycles. The summed E-state index contributed by atoms with van der Waals surface area (Å²) in [7, 11) is -3.84. The molecule has 0 aromatic heterocycles. The van der Waals surface area contributed by atoms with E-state index in [-0.39, 0.29) is 5.97 Å². The molecule has 2 unspecified atom stereocenters. The lowest BCUT2D eigenvalue weighted by molar-refractivity contribution is -0.139. The normalized spacial score (nSPS) is 15.9. The predicted molar refractivity (Wildman–Crippen MR) is 109 cm³/mol. The maximum Gasteiger partial charge on any atom is 0.402 e. The van der Waals surface area contributed by atoms with Crippen molar-refractivity contribution in [2.45, 2.75) is 104 Å². The van der Waals surface area contributed by atoms with Gasteiger partial charge >= 0.3 is 9.28 Å². The molecule has 0 aliphatic rings. The van der Waals surface area contributed by atoms with E-state index < -0.39 is 22.6 Å². The number of hydrogen-bond donors (Lipinski definition) is 0. The summed E-state index contributed by atoms with van der Waals surface area (Å²) in [6.07, 6.45) is 3.89. The van der Waals surface area contributed by atoms with Crippen molar-refractivity contribution in [1.29, 1.82) is 0 Å². The van der Waals surface area contributed by atoms with Crippen LogP contribution in [0.2, 0.25) is 22.7 Å². The Labute approximate surface area is 159 Å². The highest BCUT2D eigenvalue weighted by Gasteiger charge is 2.51. The first kappa shape index (κ1) is 24.8. The Hall–Kier alpha value is -0.176. The molecule has 0 aromatic carbocycles. The molecule has 4 nitrogen and oxygen atoms in total. The summed E-state index contributed by atoms with van der Waals surface area (Å²) >= 11 is 0. The van der Waals surface area contributed by atoms with Gasteiger partial charge in [0.25, 0.3) is 14.3 Å². The number of rotatable bonds is 14. The average molecular weight is 390 g/mol. The van der Waals surface area contributed by atoms with Crippen molar-refractivity contribution in [3.63, 3.8) is 0 Å². The lowest BCUT2D eigenvalue weighted by Crippen LogP contribution is -2.50. The standard InChI is InChI=1S/C19H41O4Si2/c1-9-15-25(16-10-2,17(7)11-3)23-18(20)19(8,12-4)24(21-13-5)22-14-6/h17H,9-16H2,1-8H3. The molecule has 2 atom stereocenters. The van der Waals surface area contributed by atoms with Crippen LogP contribution in [-0.2, 0) is 18.1 Å². The summed E-state index contributed by atoms with van der Waals surface area (Å²) in [5.41, 5.74) is 0.479. The van der Waals surface area contributed by atoms with Gasteiger partial charge < -0.3 is 13.3 Å². The summed E-state index contributed by atoms with van der Waals surface area (Å²) in [6.45, 7) is 17.9. The lowest BCUT2D eigenvalue weighted by atomic mass is 10.1. The average Bonchev–Trinajstić information content (AvgIpc) is 2.60. The van der Waals surface area contributed by atoms with Crippen molar-refractivity contribution in [1.82, 2.24) is 0 Å². The summed E-state index contributed by atoms with van der Waals surface area (Å²) in [6, 6.07) is 2.10. The van der Waals surface area contributed by atoms with Crippen molar-refractivity contribution in [3.8, 4) is 0 Å². The molecule has 0 aliphatic carbocycles. The molecule has 0 rings (SSSR count). The van der Waals surface area contributed by atoms with E-state index in [2.05, 4.69) is 27.7 Å². The van der Waals surface area contributed by atoms with Gasteiger partial charge in [-0.2, -0.15) is 0 Å². The van der Waals surface area contributed by atoms with E-state index in [0.29, 0.717) is 25.2 Å². The molecule has 0 N–H and O–H groups in total. The highest BCUT2D eigenvalue weighted by Crippen LogP contribution is 2.42. The maximum absolute atomic E-state index is 13.4. The Morgan fingerprint density at radius 2 is 1.48 bits per heavy atom. The van der Waals surface area contributed by atoms with Crippen LogP contribution in [0.3, 0.4) is 0 Å². The van der Waals surface area contributed by atoms with E-state index >= 15 is 0 Å². The highest BCUT2D eigenvalue weighted by molar-refractivity contribution is 6.77. The smallest absolute Gasteiger partial charge is 0.402 e. The molecule has 0 spiro atoms. The van der Waals surface area contributed by atoms with Crippen LogP contribution in [0.5, 0.6) is 0 Å². The number of carbonyl (C=O) groups excluding carboxylic acids is 1. The largest absolute Gasteiger partial charge is 0.518 e. The van der Waals surface area contributed by atoms with Gasteiger partial charge in [0.1, 0.15) is 5.04 Å². The van der Waals surface area contributed by atoms with Gasteiger partial charge in [0.2, 0.25) is 0 Å². The fourth-order valence-electron chi connectivity index (χ4n) is 3.33. The second kappa shape index (κ2) is 12.3. The summed E-state index contributed by atoms with van der Waals surface area (Å²) in [5.74, 6) is -0.0837. The molecule has 0 amide bonds. The molecule has 149 valence electrons. The Morgan fingerprint density at radius 1 is 1.00 bits per heavy atom. The fourth-order valence-corrected chi connectivity index (χ4v) is 9.86. The third kappa shape index (κ3) is 6.49. The van der Waals surface area contributed by atoms with Gasteiger partial charge in [-0.3, -0.25) is 4.79 Å². The van der Waals surface area contributed by atoms with Crippen LogP contribution in [-0.4, -0.2) is 36.8 Å². The van der Waals surface area contributed by atoms with Crippen molar-refractivity contribution in [2.24, 2.45) is 0 Å². The molecule has 6 heteroatoms. The topological polar surface area (TPSA) is 44.8 Å². The fraction of sp³-hybridized carbons (Fsp3) is 0.947. The minimum atomic E-state index is -2.12. The van der Waals surface area contributed by atoms with E-state index in [1.54, 1.807) is 0 Å². The van der Waals surface area contributed by atoms with E-state index in [1.807, 2.05) is 27.7 Å². The minimum Gasteiger partial charge on any atom is -0.518 e. The van der Waals surface area contributed by atoms with Crippen LogP contribution >= 0.6 is 0 Å². The quantitative estimate of drug-likeness (QED) is 0.351. The van der Waals surface area contributed by atoms with Crippen LogP contribution in [0.15, 0.2) is 0 Å². The molecule has 0 heterocycles. The zero-order valence-electron chi connectivity index (χ0n) is 17.9. The van der Waals surface area contributed by atoms with Gasteiger partial charge in [-0.25, -0.2) is 0 Å². The Balaban J connectivity index is 5.65. The minimum absolute atomic E-state index is 0.0837. The first-order valence-electron chi connectivity index (χ1n) is 10.2. The van der Waals surface area contributed by atoms with E-state index in [0.717, 1.165) is 31.4 Å². The highest BCUT2D eigenvalue weighted by atomic mass is 28.4. The first-order chi connectivity index (χ1) is 11.8. The lowest BCUT2D eigenvalue weighted by Gasteiger charge is -2.40. The van der Waals surface area contributed by atoms with E-state index in [9.17, 15) is 4.79 Å². The van der Waals surface area contributed by atoms with Crippen LogP contribution < -0.4 is 0 Å². The Kier molecular flexibility index (Phi) is 12.2. The number of carbonyl (C=O) groups is 1. The van der Waals surface area contributed by atoms with Crippen molar-refractivity contribution < 1.29 is 18.1 Å². The first-order valence-corrected chi connectivity index (χ1v) is 13.9. The van der Waals surface area contributed by atoms with Crippen LogP contribution in [0.4, 0.5) is 0 Å². The molecule has 0 aliphatic heterocycles. The van der Waals surface area contributed by atoms with E-state index in [1.165, 1.54) is 0 Å². The van der Waals surface area contributed by atoms with Crippen molar-refractivity contribution >= 4 is 23.6 Å². The molecular formula is C19H41O4Si2. The maximum atomic E-state index is 13.4. The molecular weight excluding hydrogens is 348 g/mol. The predicted octanol–water partition coefficient (Wildman–Crippen LogP) is 5.83. The Bertz CT molecular complexity index is 366. The molecule has 0 saturated heterocycles. The molecule has 25 heavy (non-hydrogen) atoms. The van der Waals surface area contributed by atoms with Crippen molar-refractivity contribution in [3.05, 3.63) is 0 Å². The van der Waals surface area contributed by atoms with Gasteiger partial charge in [-0.05, 0) is 44.8 Å². The molecule has 1 radical (unpaired) electrons. The van der Waals surface area contributed by atoms with Gasteiger partial charge in [0, 0.05) is 13.2 Å². The van der Waals surface area contributed by atoms with Crippen LogP contribution in [0, 0.1) is 0 Å². The van der Waals surface area contributed by atoms with E-state index in [4.69, 9.17) is 13.3 Å². The third-order valence-electron chi connectivity index (χ3n) is 5.31. The summed E-state index contributed by atoms with van der Waals surface area (Å²) in [4.78, 5) is 13.4. The van der Waals surface area contributed by atoms with Crippen molar-refractivity contribution in [2.75, 3.05) is 13.2 Å². The van der Waals surface area contributed by atoms with Gasteiger partial charge in [0.05, 0.1) is 0 Å². The second-order valence-corrected chi connectivity index (χ2v) is 13.7. The molecule has 0 bridgehead atoms. The zero-order valence-corrected chi connectivity index (χ0v) is 19.9. The second-order valence-electron chi connectivity index (χ2n) is 7.10. The van der Waals surface area contributed by atoms with Crippen LogP contribution in [0.25, 0.3) is 0 Å². The van der Waals surface area contributed by atoms with Gasteiger partial charge in [-0.15, -0.1) is 0 Å². The third-order valence-corrected chi connectivity index (χ3v) is 13.4. The zero-order chi connectivity index (χ0) is 19.5. The monoisotopic (exact) mass is 389 g/mol. The molecule has 0 aromatic rings. The van der Waals surface area contributed by atoms with Gasteiger partial charge in [-0.1, -0.05) is 53.9 Å². The van der Waals surface area contributed by atoms with Crippen LogP contribution in [0.1, 0.15) is 81.1 Å². The summed E-state index contributed by atoms with van der Waals surface area (Å²) in [5, 5.41) is -0.663. The summed E-state index contributed by atoms with van der Waals surface area (Å²) < 4.78 is 18.2. The SMILES string of the molecule is CCC[Si](CCC)(OC(=O)C(C)(CC)[Si](OCC)OCC)C(C)CC. The Morgan fingerprint density at radius 3 is 1.80 bits per heavy atom. The molecule has 0 fully saturated rings.